The average Bonchev–Trinajstić information content (AvgIpc) is 2.82. The van der Waals surface area contributed by atoms with Gasteiger partial charge in [0.1, 0.15) is 0 Å². The van der Waals surface area contributed by atoms with Gasteiger partial charge in [-0.1, -0.05) is 22.9 Å². The van der Waals surface area contributed by atoms with Gasteiger partial charge >= 0.3 is 0 Å². The monoisotopic (exact) mass is 309 g/mol. The van der Waals surface area contributed by atoms with Crippen molar-refractivity contribution in [2.75, 3.05) is 20.1 Å². The number of thiazole rings is 1. The number of aryl methyl sites for hydroxylation is 1. The zero-order chi connectivity index (χ0) is 13.3. The number of nitrogens with one attached hydrogen (secondary N) is 1. The zero-order valence-corrected chi connectivity index (χ0v) is 12.7. The fourth-order valence-corrected chi connectivity index (χ4v) is 4.96. The summed E-state index contributed by atoms with van der Waals surface area (Å²) in [6, 6.07) is 0.281. The van der Waals surface area contributed by atoms with Crippen LogP contribution in [0.25, 0.3) is 0 Å². The molecule has 5 nitrogen and oxygen atoms in total. The largest absolute Gasteiger partial charge is 0.302 e. The molecule has 0 radical (unpaired) electrons. The Labute approximate surface area is 116 Å². The van der Waals surface area contributed by atoms with Crippen molar-refractivity contribution in [3.05, 3.63) is 10.2 Å². The molecule has 2 rings (SSSR count). The van der Waals surface area contributed by atoms with Gasteiger partial charge in [-0.25, -0.2) is 18.1 Å². The van der Waals surface area contributed by atoms with E-state index in [1.54, 1.807) is 6.92 Å². The van der Waals surface area contributed by atoms with E-state index in [9.17, 15) is 8.42 Å². The fourth-order valence-electron chi connectivity index (χ4n) is 2.11. The first-order chi connectivity index (χ1) is 8.40. The summed E-state index contributed by atoms with van der Waals surface area (Å²) in [5.41, 5.74) is 0.456. The number of rotatable bonds is 4. The van der Waals surface area contributed by atoms with E-state index in [4.69, 9.17) is 11.6 Å². The van der Waals surface area contributed by atoms with Crippen LogP contribution in [0.1, 0.15) is 18.5 Å². The van der Waals surface area contributed by atoms with Crippen LogP contribution in [0.4, 0.5) is 0 Å². The highest BCUT2D eigenvalue weighted by Crippen LogP contribution is 2.26. The third-order valence-corrected chi connectivity index (χ3v) is 6.45. The summed E-state index contributed by atoms with van der Waals surface area (Å²) < 4.78 is 27.3. The van der Waals surface area contributed by atoms with E-state index in [1.165, 1.54) is 0 Å². The van der Waals surface area contributed by atoms with E-state index in [2.05, 4.69) is 14.6 Å². The number of hydrogen-bond acceptors (Lipinski definition) is 5. The number of likely N-dealkylation sites (tertiary alicyclic amines) is 1. The number of nitrogens with zero attached hydrogens (tertiary/aromatic N) is 2. The van der Waals surface area contributed by atoms with E-state index in [1.807, 2.05) is 7.05 Å². The predicted octanol–water partition coefficient (Wildman–Crippen LogP) is 1.48. The quantitative estimate of drug-likeness (QED) is 0.915. The van der Waals surface area contributed by atoms with Crippen molar-refractivity contribution in [3.8, 4) is 0 Å². The first-order valence-electron chi connectivity index (χ1n) is 5.73. The van der Waals surface area contributed by atoms with Crippen molar-refractivity contribution in [3.63, 3.8) is 0 Å². The molecule has 1 fully saturated rings. The minimum atomic E-state index is -3.49. The highest BCUT2D eigenvalue weighted by atomic mass is 35.5. The van der Waals surface area contributed by atoms with Gasteiger partial charge in [-0.3, -0.25) is 0 Å². The van der Waals surface area contributed by atoms with Gasteiger partial charge in [0, 0.05) is 12.6 Å². The van der Waals surface area contributed by atoms with Crippen LogP contribution < -0.4 is 4.72 Å². The molecule has 0 aliphatic carbocycles. The molecule has 1 saturated heterocycles. The minimum absolute atomic E-state index is 0.216. The molecule has 0 bridgehead atoms. The molecule has 102 valence electrons. The van der Waals surface area contributed by atoms with E-state index < -0.39 is 10.0 Å². The molecule has 2 heterocycles. The average molecular weight is 310 g/mol. The van der Waals surface area contributed by atoms with Gasteiger partial charge in [0.05, 0.1) is 5.69 Å². The van der Waals surface area contributed by atoms with Gasteiger partial charge in [0.15, 0.2) is 8.68 Å². The molecule has 18 heavy (non-hydrogen) atoms. The van der Waals surface area contributed by atoms with Gasteiger partial charge in [0.25, 0.3) is 10.0 Å². The minimum Gasteiger partial charge on any atom is -0.302 e. The molecule has 0 saturated carbocycles. The van der Waals surface area contributed by atoms with E-state index >= 15 is 0 Å². The molecule has 1 unspecified atom stereocenters. The summed E-state index contributed by atoms with van der Waals surface area (Å²) in [5.74, 6) is 0. The number of hydrogen-bond donors (Lipinski definition) is 1. The summed E-state index contributed by atoms with van der Waals surface area (Å²) >= 11 is 6.72. The van der Waals surface area contributed by atoms with Crippen molar-refractivity contribution in [1.82, 2.24) is 14.6 Å². The summed E-state index contributed by atoms with van der Waals surface area (Å²) in [4.78, 5) is 6.10. The van der Waals surface area contributed by atoms with Crippen molar-refractivity contribution < 1.29 is 8.42 Å². The van der Waals surface area contributed by atoms with Gasteiger partial charge in [-0.05, 0) is 33.4 Å². The van der Waals surface area contributed by atoms with Crippen LogP contribution in [-0.2, 0) is 10.0 Å². The normalized spacial score (nSPS) is 21.6. The van der Waals surface area contributed by atoms with Crippen molar-refractivity contribution >= 4 is 33.0 Å². The lowest BCUT2D eigenvalue weighted by atomic mass is 10.2. The SMILES string of the molecule is Cc1nc(Cl)sc1S(=O)(=O)NCC1CCCN1C. The Morgan fingerprint density at radius 3 is 2.83 bits per heavy atom. The van der Waals surface area contributed by atoms with E-state index in [-0.39, 0.29) is 14.7 Å². The van der Waals surface area contributed by atoms with E-state index in [0.29, 0.717) is 12.2 Å². The van der Waals surface area contributed by atoms with Gasteiger partial charge < -0.3 is 4.90 Å². The second kappa shape index (κ2) is 5.42. The van der Waals surface area contributed by atoms with Crippen LogP contribution >= 0.6 is 22.9 Å². The van der Waals surface area contributed by atoms with Crippen LogP contribution in [0.2, 0.25) is 4.47 Å². The first kappa shape index (κ1) is 14.2. The molecule has 0 spiro atoms. The Morgan fingerprint density at radius 2 is 2.33 bits per heavy atom. The maximum atomic E-state index is 12.1. The number of halogens is 1. The summed E-state index contributed by atoms with van der Waals surface area (Å²) in [6.07, 6.45) is 2.15. The van der Waals surface area contributed by atoms with Crippen molar-refractivity contribution in [1.29, 1.82) is 0 Å². The molecule has 1 aliphatic rings. The molecule has 1 N–H and O–H groups in total. The molecule has 1 aliphatic heterocycles. The maximum absolute atomic E-state index is 12.1. The molecule has 1 atom stereocenters. The lowest BCUT2D eigenvalue weighted by Gasteiger charge is -2.19. The van der Waals surface area contributed by atoms with E-state index in [0.717, 1.165) is 30.7 Å². The first-order valence-corrected chi connectivity index (χ1v) is 8.41. The topological polar surface area (TPSA) is 62.3 Å². The van der Waals surface area contributed by atoms with Crippen LogP contribution in [0, 0.1) is 6.92 Å². The number of likely N-dealkylation sites (N-methyl/N-ethyl adjacent to an activating group) is 1. The van der Waals surface area contributed by atoms with Crippen LogP contribution in [0.3, 0.4) is 0 Å². The second-order valence-electron chi connectivity index (χ2n) is 4.47. The lowest BCUT2D eigenvalue weighted by Crippen LogP contribution is -2.38. The summed E-state index contributed by atoms with van der Waals surface area (Å²) in [6.45, 7) is 3.12. The Hall–Kier alpha value is -0.210. The predicted molar refractivity (Wildman–Crippen MR) is 72.7 cm³/mol. The Balaban J connectivity index is 2.06. The summed E-state index contributed by atoms with van der Waals surface area (Å²) in [7, 11) is -1.47. The molecular weight excluding hydrogens is 294 g/mol. The third-order valence-electron chi connectivity index (χ3n) is 3.15. The molecule has 1 aromatic heterocycles. The van der Waals surface area contributed by atoms with Crippen LogP contribution in [-0.4, -0.2) is 44.5 Å². The highest BCUT2D eigenvalue weighted by Gasteiger charge is 2.25. The maximum Gasteiger partial charge on any atom is 0.252 e. The molecule has 8 heteroatoms. The lowest BCUT2D eigenvalue weighted by molar-refractivity contribution is 0.311. The molecular formula is C10H16ClN3O2S2. The Bertz CT molecular complexity index is 529. The highest BCUT2D eigenvalue weighted by molar-refractivity contribution is 7.91. The standard InChI is InChI=1S/C10H16ClN3O2S2/c1-7-9(17-10(11)13-7)18(15,16)12-6-8-4-3-5-14(8)2/h8,12H,3-6H2,1-2H3. The fraction of sp³-hybridized carbons (Fsp3) is 0.700. The summed E-state index contributed by atoms with van der Waals surface area (Å²) in [5, 5.41) is 0. The van der Waals surface area contributed by atoms with Crippen molar-refractivity contribution in [2.24, 2.45) is 0 Å². The third kappa shape index (κ3) is 3.03. The van der Waals surface area contributed by atoms with Crippen LogP contribution in [0.5, 0.6) is 0 Å². The molecule has 0 aromatic carbocycles. The Kier molecular flexibility index (Phi) is 4.28. The molecule has 0 amide bonds. The smallest absolute Gasteiger partial charge is 0.252 e. The van der Waals surface area contributed by atoms with Gasteiger partial charge in [-0.2, -0.15) is 0 Å². The van der Waals surface area contributed by atoms with Gasteiger partial charge in [-0.15, -0.1) is 0 Å². The van der Waals surface area contributed by atoms with Gasteiger partial charge in [0.2, 0.25) is 0 Å². The molecule has 1 aromatic rings. The Morgan fingerprint density at radius 1 is 1.61 bits per heavy atom. The number of aromatic nitrogens is 1. The van der Waals surface area contributed by atoms with Crippen molar-refractivity contribution in [2.45, 2.75) is 30.0 Å². The zero-order valence-electron chi connectivity index (χ0n) is 10.3. The number of sulfonamides is 1. The second-order valence-corrected chi connectivity index (χ2v) is 8.01. The van der Waals surface area contributed by atoms with Crippen LogP contribution in [0.15, 0.2) is 4.21 Å².